The van der Waals surface area contributed by atoms with Crippen molar-refractivity contribution in [3.63, 3.8) is 0 Å². The van der Waals surface area contributed by atoms with Gasteiger partial charge in [-0.1, -0.05) is 36.8 Å². The van der Waals surface area contributed by atoms with Gasteiger partial charge < -0.3 is 20.3 Å². The normalized spacial score (nSPS) is 17.9. The molecule has 0 aromatic heterocycles. The molecule has 0 aliphatic heterocycles. The van der Waals surface area contributed by atoms with E-state index in [1.54, 1.807) is 7.11 Å². The molecule has 0 radical (unpaired) electrons. The molecule has 1 fully saturated rings. The first kappa shape index (κ1) is 19.7. The van der Waals surface area contributed by atoms with Crippen LogP contribution in [-0.2, 0) is 4.74 Å². The SMILES string of the molecule is CN=C(NCC(c1ccccc1)N(C)C)NCC1(CCOC)CCC1. The summed E-state index contributed by atoms with van der Waals surface area (Å²) in [7, 11) is 7.85. The second-order valence-corrected chi connectivity index (χ2v) is 7.29. The van der Waals surface area contributed by atoms with E-state index >= 15 is 0 Å². The quantitative estimate of drug-likeness (QED) is 0.533. The third-order valence-corrected chi connectivity index (χ3v) is 5.38. The second-order valence-electron chi connectivity index (χ2n) is 7.29. The Morgan fingerprint density at radius 1 is 1.24 bits per heavy atom. The monoisotopic (exact) mass is 346 g/mol. The van der Waals surface area contributed by atoms with Crippen molar-refractivity contribution in [2.75, 3.05) is 47.9 Å². The molecule has 5 heteroatoms. The molecule has 140 valence electrons. The summed E-state index contributed by atoms with van der Waals surface area (Å²) in [5, 5.41) is 7.02. The van der Waals surface area contributed by atoms with Crippen LogP contribution in [0.15, 0.2) is 35.3 Å². The van der Waals surface area contributed by atoms with Crippen molar-refractivity contribution in [3.05, 3.63) is 35.9 Å². The summed E-state index contributed by atoms with van der Waals surface area (Å²) in [4.78, 5) is 6.64. The van der Waals surface area contributed by atoms with Gasteiger partial charge in [0.05, 0.1) is 6.04 Å². The van der Waals surface area contributed by atoms with Crippen LogP contribution in [0.25, 0.3) is 0 Å². The lowest BCUT2D eigenvalue weighted by molar-refractivity contribution is 0.0732. The molecule has 25 heavy (non-hydrogen) atoms. The Kier molecular flexibility index (Phi) is 7.72. The van der Waals surface area contributed by atoms with Crippen molar-refractivity contribution in [2.45, 2.75) is 31.7 Å². The summed E-state index contributed by atoms with van der Waals surface area (Å²) in [6.07, 6.45) is 5.02. The number of aliphatic imine (C=N–C) groups is 1. The van der Waals surface area contributed by atoms with Gasteiger partial charge in [-0.15, -0.1) is 0 Å². The number of nitrogens with zero attached hydrogens (tertiary/aromatic N) is 2. The van der Waals surface area contributed by atoms with Crippen LogP contribution in [0, 0.1) is 5.41 Å². The zero-order chi connectivity index (χ0) is 18.1. The second kappa shape index (κ2) is 9.78. The zero-order valence-electron chi connectivity index (χ0n) is 16.2. The lowest BCUT2D eigenvalue weighted by Crippen LogP contribution is -2.48. The van der Waals surface area contributed by atoms with Crippen LogP contribution in [0.2, 0.25) is 0 Å². The van der Waals surface area contributed by atoms with Gasteiger partial charge in [0.15, 0.2) is 5.96 Å². The first-order chi connectivity index (χ1) is 12.1. The summed E-state index contributed by atoms with van der Waals surface area (Å²) >= 11 is 0. The lowest BCUT2D eigenvalue weighted by Gasteiger charge is -2.42. The van der Waals surface area contributed by atoms with Crippen molar-refractivity contribution >= 4 is 5.96 Å². The Labute approximate surface area is 152 Å². The zero-order valence-corrected chi connectivity index (χ0v) is 16.2. The van der Waals surface area contributed by atoms with Gasteiger partial charge in [-0.2, -0.15) is 0 Å². The van der Waals surface area contributed by atoms with Gasteiger partial charge in [0, 0.05) is 33.9 Å². The Balaban J connectivity index is 1.86. The van der Waals surface area contributed by atoms with E-state index < -0.39 is 0 Å². The van der Waals surface area contributed by atoms with E-state index in [1.807, 2.05) is 7.05 Å². The molecule has 1 saturated carbocycles. The molecule has 2 rings (SSSR count). The fraction of sp³-hybridized carbons (Fsp3) is 0.650. The molecule has 0 heterocycles. The van der Waals surface area contributed by atoms with E-state index in [1.165, 1.54) is 24.8 Å². The number of benzene rings is 1. The topological polar surface area (TPSA) is 48.9 Å². The summed E-state index contributed by atoms with van der Waals surface area (Å²) in [5.74, 6) is 0.881. The van der Waals surface area contributed by atoms with E-state index in [9.17, 15) is 0 Å². The average molecular weight is 347 g/mol. The lowest BCUT2D eigenvalue weighted by atomic mass is 9.67. The Hall–Kier alpha value is -1.59. The molecular weight excluding hydrogens is 312 g/mol. The maximum atomic E-state index is 5.28. The third kappa shape index (κ3) is 5.72. The van der Waals surface area contributed by atoms with Crippen LogP contribution >= 0.6 is 0 Å². The Morgan fingerprint density at radius 2 is 1.96 bits per heavy atom. The highest BCUT2D eigenvalue weighted by atomic mass is 16.5. The number of hydrogen-bond acceptors (Lipinski definition) is 3. The van der Waals surface area contributed by atoms with E-state index in [2.05, 4.69) is 65.0 Å². The van der Waals surface area contributed by atoms with Gasteiger partial charge >= 0.3 is 0 Å². The predicted octanol–water partition coefficient (Wildman–Crippen LogP) is 2.66. The number of ether oxygens (including phenoxy) is 1. The highest BCUT2D eigenvalue weighted by Gasteiger charge is 2.36. The minimum Gasteiger partial charge on any atom is -0.385 e. The number of likely N-dealkylation sites (N-methyl/N-ethyl adjacent to an activating group) is 1. The van der Waals surface area contributed by atoms with Crippen LogP contribution in [0.4, 0.5) is 0 Å². The summed E-state index contributed by atoms with van der Waals surface area (Å²) in [5.41, 5.74) is 1.69. The Morgan fingerprint density at radius 3 is 2.48 bits per heavy atom. The molecule has 2 N–H and O–H groups in total. The molecule has 0 amide bonds. The molecule has 5 nitrogen and oxygen atoms in total. The molecule has 1 aromatic rings. The predicted molar refractivity (Wildman–Crippen MR) is 105 cm³/mol. The maximum absolute atomic E-state index is 5.28. The fourth-order valence-corrected chi connectivity index (χ4v) is 3.47. The molecule has 0 spiro atoms. The van der Waals surface area contributed by atoms with Crippen LogP contribution in [0.5, 0.6) is 0 Å². The molecule has 0 saturated heterocycles. The van der Waals surface area contributed by atoms with Gasteiger partial charge in [-0.25, -0.2) is 0 Å². The van der Waals surface area contributed by atoms with Crippen LogP contribution in [0.1, 0.15) is 37.3 Å². The average Bonchev–Trinajstić information content (AvgIpc) is 2.59. The molecule has 1 aliphatic carbocycles. The minimum atomic E-state index is 0.311. The highest BCUT2D eigenvalue weighted by molar-refractivity contribution is 5.79. The van der Waals surface area contributed by atoms with E-state index in [4.69, 9.17) is 4.74 Å². The number of hydrogen-bond donors (Lipinski definition) is 2. The number of methoxy groups -OCH3 is 1. The molecule has 1 aliphatic rings. The number of guanidine groups is 1. The van der Waals surface area contributed by atoms with Crippen LogP contribution in [0.3, 0.4) is 0 Å². The number of nitrogens with one attached hydrogen (secondary N) is 2. The van der Waals surface area contributed by atoms with E-state index in [-0.39, 0.29) is 0 Å². The van der Waals surface area contributed by atoms with Crippen LogP contribution < -0.4 is 10.6 Å². The van der Waals surface area contributed by atoms with Crippen molar-refractivity contribution in [1.29, 1.82) is 0 Å². The Bertz CT molecular complexity index is 526. The molecule has 1 unspecified atom stereocenters. The largest absolute Gasteiger partial charge is 0.385 e. The molecule has 1 atom stereocenters. The standard InChI is InChI=1S/C20H34N4O/c1-21-19(23-16-20(11-8-12-20)13-14-25-4)22-15-18(24(2)3)17-9-6-5-7-10-17/h5-7,9-10,18H,8,11-16H2,1-4H3,(H2,21,22,23). The highest BCUT2D eigenvalue weighted by Crippen LogP contribution is 2.43. The molecule has 0 bridgehead atoms. The maximum Gasteiger partial charge on any atom is 0.191 e. The van der Waals surface area contributed by atoms with Crippen molar-refractivity contribution in [3.8, 4) is 0 Å². The molecule has 1 aromatic carbocycles. The van der Waals surface area contributed by atoms with Gasteiger partial charge in [-0.05, 0) is 44.3 Å². The smallest absolute Gasteiger partial charge is 0.191 e. The number of rotatable bonds is 9. The van der Waals surface area contributed by atoms with Crippen molar-refractivity contribution < 1.29 is 4.74 Å². The third-order valence-electron chi connectivity index (χ3n) is 5.38. The fourth-order valence-electron chi connectivity index (χ4n) is 3.47. The first-order valence-electron chi connectivity index (χ1n) is 9.25. The minimum absolute atomic E-state index is 0.311. The van der Waals surface area contributed by atoms with Gasteiger partial charge in [0.2, 0.25) is 0 Å². The van der Waals surface area contributed by atoms with E-state index in [0.717, 1.165) is 32.1 Å². The summed E-state index contributed by atoms with van der Waals surface area (Å²) in [6.45, 7) is 2.63. The summed E-state index contributed by atoms with van der Waals surface area (Å²) in [6, 6.07) is 10.9. The van der Waals surface area contributed by atoms with Crippen LogP contribution in [-0.4, -0.2) is 58.8 Å². The van der Waals surface area contributed by atoms with E-state index in [0.29, 0.717) is 11.5 Å². The van der Waals surface area contributed by atoms with Crippen molar-refractivity contribution in [2.24, 2.45) is 10.4 Å². The molecular formula is C20H34N4O. The van der Waals surface area contributed by atoms with Crippen molar-refractivity contribution in [1.82, 2.24) is 15.5 Å². The summed E-state index contributed by atoms with van der Waals surface area (Å²) < 4.78 is 5.28. The van der Waals surface area contributed by atoms with Gasteiger partial charge in [-0.3, -0.25) is 4.99 Å². The first-order valence-corrected chi connectivity index (χ1v) is 9.25. The van der Waals surface area contributed by atoms with Gasteiger partial charge in [0.25, 0.3) is 0 Å². The van der Waals surface area contributed by atoms with Gasteiger partial charge in [0.1, 0.15) is 0 Å².